The van der Waals surface area contributed by atoms with Crippen LogP contribution in [0.4, 0.5) is 0 Å². The van der Waals surface area contributed by atoms with Gasteiger partial charge in [0.2, 0.25) is 0 Å². The molecule has 0 spiro atoms. The Labute approximate surface area is 129 Å². The number of aryl methyl sites for hydroxylation is 1. The molecule has 2 saturated heterocycles. The van der Waals surface area contributed by atoms with Gasteiger partial charge in [-0.1, -0.05) is 5.21 Å². The van der Waals surface area contributed by atoms with E-state index in [1.807, 2.05) is 30.1 Å². The molecule has 2 fully saturated rings. The topological polar surface area (TPSA) is 54.3 Å². The number of carbonyl (C=O) groups excluding carboxylic acids is 1. The van der Waals surface area contributed by atoms with Gasteiger partial charge in [-0.25, -0.2) is 4.68 Å². The van der Waals surface area contributed by atoms with Gasteiger partial charge in [0.15, 0.2) is 0 Å². The standard InChI is InChI=1S/C16H21N5O/c1-11-14-4-3-7-20(14)8-9-21(11)16(22)12-5-6-15-13(10-12)17-18-19(15)2/h5-6,10-11,14H,3-4,7-9H2,1-2H3/t11-,14+/m0/s1. The molecule has 0 aliphatic carbocycles. The minimum atomic E-state index is 0.117. The molecule has 0 saturated carbocycles. The van der Waals surface area contributed by atoms with E-state index in [2.05, 4.69) is 22.1 Å². The molecule has 0 bridgehead atoms. The fraction of sp³-hybridized carbons (Fsp3) is 0.562. The number of hydrogen-bond acceptors (Lipinski definition) is 4. The Morgan fingerprint density at radius 1 is 1.27 bits per heavy atom. The van der Waals surface area contributed by atoms with Gasteiger partial charge in [-0.3, -0.25) is 9.69 Å². The van der Waals surface area contributed by atoms with Crippen LogP contribution in [0.2, 0.25) is 0 Å². The molecule has 3 heterocycles. The molecule has 22 heavy (non-hydrogen) atoms. The van der Waals surface area contributed by atoms with Gasteiger partial charge in [0.25, 0.3) is 5.91 Å². The zero-order valence-electron chi connectivity index (χ0n) is 13.1. The van der Waals surface area contributed by atoms with Crippen molar-refractivity contribution in [2.24, 2.45) is 7.05 Å². The number of hydrogen-bond donors (Lipinski definition) is 0. The summed E-state index contributed by atoms with van der Waals surface area (Å²) in [4.78, 5) is 17.5. The van der Waals surface area contributed by atoms with Crippen molar-refractivity contribution in [3.8, 4) is 0 Å². The summed E-state index contributed by atoms with van der Waals surface area (Å²) in [6, 6.07) is 6.48. The highest BCUT2D eigenvalue weighted by atomic mass is 16.2. The normalized spacial score (nSPS) is 25.6. The van der Waals surface area contributed by atoms with Crippen LogP contribution in [0.3, 0.4) is 0 Å². The summed E-state index contributed by atoms with van der Waals surface area (Å²) in [5, 5.41) is 8.11. The molecular weight excluding hydrogens is 278 g/mol. The Kier molecular flexibility index (Phi) is 3.14. The van der Waals surface area contributed by atoms with Crippen molar-refractivity contribution in [1.82, 2.24) is 24.8 Å². The molecule has 1 aromatic carbocycles. The summed E-state index contributed by atoms with van der Waals surface area (Å²) in [6.07, 6.45) is 2.46. The molecule has 6 heteroatoms. The van der Waals surface area contributed by atoms with Crippen LogP contribution in [0.1, 0.15) is 30.1 Å². The largest absolute Gasteiger partial charge is 0.333 e. The number of rotatable bonds is 1. The SMILES string of the molecule is C[C@H]1[C@H]2CCCN2CCN1C(=O)c1ccc2c(c1)nnn2C. The molecule has 0 unspecified atom stereocenters. The van der Waals surface area contributed by atoms with Gasteiger partial charge >= 0.3 is 0 Å². The molecular formula is C16H21N5O. The Bertz CT molecular complexity index is 724. The fourth-order valence-electron chi connectivity index (χ4n) is 3.95. The monoisotopic (exact) mass is 299 g/mol. The van der Waals surface area contributed by atoms with E-state index in [0.29, 0.717) is 11.6 Å². The van der Waals surface area contributed by atoms with Gasteiger partial charge in [-0.15, -0.1) is 5.10 Å². The van der Waals surface area contributed by atoms with Crippen molar-refractivity contribution in [2.45, 2.75) is 31.8 Å². The van der Waals surface area contributed by atoms with Crippen molar-refractivity contribution in [2.75, 3.05) is 19.6 Å². The number of aromatic nitrogens is 3. The Balaban J connectivity index is 1.62. The maximum atomic E-state index is 12.9. The lowest BCUT2D eigenvalue weighted by Gasteiger charge is -2.43. The number of amides is 1. The van der Waals surface area contributed by atoms with Gasteiger partial charge in [0, 0.05) is 37.8 Å². The first kappa shape index (κ1) is 13.7. The van der Waals surface area contributed by atoms with Crippen molar-refractivity contribution in [3.05, 3.63) is 23.8 Å². The highest BCUT2D eigenvalue weighted by molar-refractivity contribution is 5.97. The lowest BCUT2D eigenvalue weighted by atomic mass is 10.0. The average Bonchev–Trinajstić information content (AvgIpc) is 3.14. The first-order valence-electron chi connectivity index (χ1n) is 7.99. The zero-order valence-corrected chi connectivity index (χ0v) is 13.1. The Morgan fingerprint density at radius 3 is 3.00 bits per heavy atom. The molecule has 1 amide bonds. The fourth-order valence-corrected chi connectivity index (χ4v) is 3.95. The maximum Gasteiger partial charge on any atom is 0.254 e. The predicted octanol–water partition coefficient (Wildman–Crippen LogP) is 1.28. The summed E-state index contributed by atoms with van der Waals surface area (Å²) >= 11 is 0. The van der Waals surface area contributed by atoms with E-state index in [9.17, 15) is 4.79 Å². The van der Waals surface area contributed by atoms with Crippen molar-refractivity contribution in [1.29, 1.82) is 0 Å². The lowest BCUT2D eigenvalue weighted by Crippen LogP contribution is -2.57. The smallest absolute Gasteiger partial charge is 0.254 e. The third kappa shape index (κ3) is 2.01. The summed E-state index contributed by atoms with van der Waals surface area (Å²) in [5.74, 6) is 0.117. The second-order valence-electron chi connectivity index (χ2n) is 6.40. The summed E-state index contributed by atoms with van der Waals surface area (Å²) in [6.45, 7) is 5.17. The number of piperazine rings is 1. The van der Waals surface area contributed by atoms with Crippen LogP contribution in [-0.2, 0) is 7.05 Å². The molecule has 116 valence electrons. The lowest BCUT2D eigenvalue weighted by molar-refractivity contribution is 0.0363. The van der Waals surface area contributed by atoms with Crippen LogP contribution in [-0.4, -0.2) is 62.4 Å². The van der Waals surface area contributed by atoms with E-state index < -0.39 is 0 Å². The van der Waals surface area contributed by atoms with E-state index in [0.717, 1.165) is 24.1 Å². The third-order valence-corrected chi connectivity index (χ3v) is 5.21. The van der Waals surface area contributed by atoms with Gasteiger partial charge in [0.1, 0.15) is 5.52 Å². The summed E-state index contributed by atoms with van der Waals surface area (Å²) < 4.78 is 1.73. The molecule has 2 atom stereocenters. The molecule has 4 rings (SSSR count). The molecule has 2 aromatic rings. The maximum absolute atomic E-state index is 12.9. The second-order valence-corrected chi connectivity index (χ2v) is 6.40. The minimum Gasteiger partial charge on any atom is -0.333 e. The molecule has 6 nitrogen and oxygen atoms in total. The number of nitrogens with zero attached hydrogens (tertiary/aromatic N) is 5. The summed E-state index contributed by atoms with van der Waals surface area (Å²) in [5.41, 5.74) is 2.44. The highest BCUT2D eigenvalue weighted by Gasteiger charge is 2.38. The van der Waals surface area contributed by atoms with Crippen molar-refractivity contribution in [3.63, 3.8) is 0 Å². The first-order chi connectivity index (χ1) is 10.6. The minimum absolute atomic E-state index is 0.117. The van der Waals surface area contributed by atoms with Gasteiger partial charge in [-0.2, -0.15) is 0 Å². The number of benzene rings is 1. The van der Waals surface area contributed by atoms with Gasteiger partial charge in [0.05, 0.1) is 5.52 Å². The van der Waals surface area contributed by atoms with Crippen LogP contribution in [0.25, 0.3) is 11.0 Å². The van der Waals surface area contributed by atoms with E-state index in [1.54, 1.807) is 4.68 Å². The molecule has 2 aliphatic rings. The average molecular weight is 299 g/mol. The molecule has 0 radical (unpaired) electrons. The van der Waals surface area contributed by atoms with Crippen molar-refractivity contribution >= 4 is 16.9 Å². The molecule has 2 aliphatic heterocycles. The van der Waals surface area contributed by atoms with Gasteiger partial charge < -0.3 is 4.90 Å². The van der Waals surface area contributed by atoms with E-state index in [4.69, 9.17) is 0 Å². The number of carbonyl (C=O) groups is 1. The van der Waals surface area contributed by atoms with Gasteiger partial charge in [-0.05, 0) is 44.5 Å². The first-order valence-corrected chi connectivity index (χ1v) is 7.99. The van der Waals surface area contributed by atoms with E-state index in [-0.39, 0.29) is 11.9 Å². The van der Waals surface area contributed by atoms with Crippen LogP contribution < -0.4 is 0 Å². The predicted molar refractivity (Wildman–Crippen MR) is 83.6 cm³/mol. The highest BCUT2D eigenvalue weighted by Crippen LogP contribution is 2.28. The molecule has 1 aromatic heterocycles. The summed E-state index contributed by atoms with van der Waals surface area (Å²) in [7, 11) is 1.86. The number of fused-ring (bicyclic) bond motifs is 2. The Morgan fingerprint density at radius 2 is 2.14 bits per heavy atom. The zero-order chi connectivity index (χ0) is 15.3. The van der Waals surface area contributed by atoms with Crippen LogP contribution >= 0.6 is 0 Å². The molecule has 0 N–H and O–H groups in total. The van der Waals surface area contributed by atoms with Crippen molar-refractivity contribution < 1.29 is 4.79 Å². The second kappa shape index (κ2) is 5.05. The quantitative estimate of drug-likeness (QED) is 0.796. The Hall–Kier alpha value is -1.95. The van der Waals surface area contributed by atoms with E-state index in [1.165, 1.54) is 19.4 Å². The van der Waals surface area contributed by atoms with Crippen LogP contribution in [0.5, 0.6) is 0 Å². The van der Waals surface area contributed by atoms with Crippen LogP contribution in [0, 0.1) is 0 Å². The third-order valence-electron chi connectivity index (χ3n) is 5.21. The van der Waals surface area contributed by atoms with Crippen LogP contribution in [0.15, 0.2) is 18.2 Å². The van der Waals surface area contributed by atoms with E-state index >= 15 is 0 Å².